The van der Waals surface area contributed by atoms with E-state index in [2.05, 4.69) is 109 Å². The Morgan fingerprint density at radius 2 is 1.19 bits per heavy atom. The number of furan rings is 1. The zero-order valence-electron chi connectivity index (χ0n) is 25.9. The van der Waals surface area contributed by atoms with Crippen LogP contribution in [0.2, 0.25) is 0 Å². The molecular weight excluding hydrogens is 576 g/mol. The predicted octanol–water partition coefficient (Wildman–Crippen LogP) is 10.5. The minimum absolute atomic E-state index is 0.0745. The van der Waals surface area contributed by atoms with Crippen molar-refractivity contribution in [1.82, 2.24) is 19.5 Å². The highest BCUT2D eigenvalue weighted by molar-refractivity contribution is 6.17. The highest BCUT2D eigenvalue weighted by Gasteiger charge is 2.35. The molecule has 6 aromatic carbocycles. The van der Waals surface area contributed by atoms with E-state index in [1.54, 1.807) is 0 Å². The van der Waals surface area contributed by atoms with Crippen LogP contribution in [0.4, 0.5) is 0 Å². The first-order valence-electron chi connectivity index (χ1n) is 16.0. The van der Waals surface area contributed by atoms with Crippen molar-refractivity contribution in [2.75, 3.05) is 0 Å². The second-order valence-electron chi connectivity index (χ2n) is 12.9. The Morgan fingerprint density at radius 3 is 2.06 bits per heavy atom. The van der Waals surface area contributed by atoms with Gasteiger partial charge < -0.3 is 4.42 Å². The highest BCUT2D eigenvalue weighted by atomic mass is 16.3. The van der Waals surface area contributed by atoms with Gasteiger partial charge in [0, 0.05) is 44.2 Å². The minimum Gasteiger partial charge on any atom is -0.456 e. The van der Waals surface area contributed by atoms with Crippen molar-refractivity contribution in [2.24, 2.45) is 0 Å². The lowest BCUT2D eigenvalue weighted by Gasteiger charge is -2.21. The van der Waals surface area contributed by atoms with Gasteiger partial charge in [0.15, 0.2) is 11.6 Å². The first-order chi connectivity index (χ1) is 23.0. The summed E-state index contributed by atoms with van der Waals surface area (Å²) in [4.78, 5) is 15.4. The summed E-state index contributed by atoms with van der Waals surface area (Å²) in [7, 11) is 0. The van der Waals surface area contributed by atoms with Crippen LogP contribution in [0.25, 0.3) is 83.6 Å². The van der Waals surface area contributed by atoms with E-state index in [0.717, 1.165) is 54.9 Å². The molecule has 0 unspecified atom stereocenters. The number of rotatable bonds is 3. The largest absolute Gasteiger partial charge is 0.456 e. The molecule has 0 spiro atoms. The monoisotopic (exact) mass is 604 g/mol. The second-order valence-corrected chi connectivity index (χ2v) is 12.9. The molecule has 0 amide bonds. The molecular formula is C42H28N4O. The van der Waals surface area contributed by atoms with Gasteiger partial charge in [0.25, 0.3) is 0 Å². The number of fused-ring (bicyclic) bond motifs is 9. The summed E-state index contributed by atoms with van der Waals surface area (Å²) in [6.07, 6.45) is 0. The van der Waals surface area contributed by atoms with Gasteiger partial charge in [-0.05, 0) is 46.5 Å². The van der Waals surface area contributed by atoms with Crippen molar-refractivity contribution in [1.29, 1.82) is 0 Å². The fourth-order valence-corrected chi connectivity index (χ4v) is 7.57. The van der Waals surface area contributed by atoms with Crippen LogP contribution >= 0.6 is 0 Å². The predicted molar refractivity (Wildman–Crippen MR) is 190 cm³/mol. The molecule has 0 saturated heterocycles. The van der Waals surface area contributed by atoms with Crippen molar-refractivity contribution in [2.45, 2.75) is 19.3 Å². The van der Waals surface area contributed by atoms with E-state index in [-0.39, 0.29) is 5.41 Å². The number of hydrogen-bond donors (Lipinski definition) is 0. The van der Waals surface area contributed by atoms with Crippen LogP contribution in [-0.2, 0) is 5.41 Å². The molecule has 222 valence electrons. The Balaban J connectivity index is 1.25. The lowest BCUT2D eigenvalue weighted by atomic mass is 9.82. The maximum absolute atomic E-state index is 6.36. The molecule has 0 atom stereocenters. The fraction of sp³-hybridized carbons (Fsp3) is 0.0714. The summed E-state index contributed by atoms with van der Waals surface area (Å²) in [5, 5.41) is 4.46. The molecule has 1 aliphatic rings. The molecule has 0 bridgehead atoms. The van der Waals surface area contributed by atoms with E-state index in [4.69, 9.17) is 19.4 Å². The molecule has 0 N–H and O–H groups in total. The molecule has 47 heavy (non-hydrogen) atoms. The molecule has 3 heterocycles. The Morgan fingerprint density at radius 1 is 0.489 bits per heavy atom. The smallest absolute Gasteiger partial charge is 0.238 e. The minimum atomic E-state index is -0.0745. The number of aromatic nitrogens is 4. The van der Waals surface area contributed by atoms with Gasteiger partial charge in [-0.2, -0.15) is 9.97 Å². The second kappa shape index (κ2) is 9.47. The van der Waals surface area contributed by atoms with E-state index in [1.807, 2.05) is 42.5 Å². The van der Waals surface area contributed by atoms with Crippen LogP contribution in [0.3, 0.4) is 0 Å². The molecule has 0 radical (unpaired) electrons. The lowest BCUT2D eigenvalue weighted by Crippen LogP contribution is -2.14. The van der Waals surface area contributed by atoms with Gasteiger partial charge in [0.05, 0.1) is 11.0 Å². The molecule has 9 aromatic rings. The van der Waals surface area contributed by atoms with Crippen molar-refractivity contribution < 1.29 is 4.42 Å². The third-order valence-electron chi connectivity index (χ3n) is 9.87. The topological polar surface area (TPSA) is 56.7 Å². The van der Waals surface area contributed by atoms with Gasteiger partial charge in [0.1, 0.15) is 11.2 Å². The Hall–Kier alpha value is -6.07. The van der Waals surface area contributed by atoms with Crippen LogP contribution in [-0.4, -0.2) is 19.5 Å². The van der Waals surface area contributed by atoms with Gasteiger partial charge in [-0.15, -0.1) is 0 Å². The average Bonchev–Trinajstić information content (AvgIpc) is 3.72. The van der Waals surface area contributed by atoms with Crippen molar-refractivity contribution in [3.63, 3.8) is 0 Å². The molecule has 3 aromatic heterocycles. The summed E-state index contributed by atoms with van der Waals surface area (Å²) in [5.41, 5.74) is 10.7. The summed E-state index contributed by atoms with van der Waals surface area (Å²) >= 11 is 0. The number of nitrogens with zero attached hydrogens (tertiary/aromatic N) is 4. The number of hydrogen-bond acceptors (Lipinski definition) is 4. The maximum atomic E-state index is 6.36. The van der Waals surface area contributed by atoms with Crippen LogP contribution in [0.15, 0.2) is 138 Å². The standard InChI is InChI=1S/C42H28N4O/c1-42(2)33-17-9-6-14-27(33)30-22-26(20-21-34(30)42)40-43-39(25-12-4-3-5-13-25)44-41(45-40)46-35-18-10-7-15-28(35)31-23-32-29-16-8-11-19-37(29)47-38(32)24-36(31)46/h3-24H,1-2H3. The van der Waals surface area contributed by atoms with Crippen LogP contribution < -0.4 is 0 Å². The van der Waals surface area contributed by atoms with E-state index in [0.29, 0.717) is 17.6 Å². The summed E-state index contributed by atoms with van der Waals surface area (Å²) in [6, 6.07) is 46.5. The van der Waals surface area contributed by atoms with Crippen LogP contribution in [0.1, 0.15) is 25.0 Å². The normalized spacial score (nSPS) is 13.5. The van der Waals surface area contributed by atoms with E-state index in [9.17, 15) is 0 Å². The van der Waals surface area contributed by atoms with Crippen molar-refractivity contribution in [3.8, 4) is 39.9 Å². The highest BCUT2D eigenvalue weighted by Crippen LogP contribution is 2.49. The van der Waals surface area contributed by atoms with Gasteiger partial charge >= 0.3 is 0 Å². The maximum Gasteiger partial charge on any atom is 0.238 e. The SMILES string of the molecule is CC1(C)c2ccccc2-c2cc(-c3nc(-c4ccccc4)nc(-n4c5ccccc5c5cc6c(cc54)oc4ccccc46)n3)ccc21. The zero-order valence-corrected chi connectivity index (χ0v) is 25.9. The summed E-state index contributed by atoms with van der Waals surface area (Å²) in [6.45, 7) is 4.60. The summed E-state index contributed by atoms with van der Waals surface area (Å²) in [5.74, 6) is 1.83. The third-order valence-corrected chi connectivity index (χ3v) is 9.87. The first-order valence-corrected chi connectivity index (χ1v) is 16.0. The Bertz CT molecular complexity index is 2720. The van der Waals surface area contributed by atoms with E-state index in [1.165, 1.54) is 22.3 Å². The summed E-state index contributed by atoms with van der Waals surface area (Å²) < 4.78 is 8.51. The van der Waals surface area contributed by atoms with Gasteiger partial charge in [-0.3, -0.25) is 4.57 Å². The number of para-hydroxylation sites is 2. The van der Waals surface area contributed by atoms with Crippen molar-refractivity contribution in [3.05, 3.63) is 145 Å². The molecule has 0 fully saturated rings. The Labute approximate surface area is 270 Å². The average molecular weight is 605 g/mol. The van der Waals surface area contributed by atoms with Crippen LogP contribution in [0.5, 0.6) is 0 Å². The van der Waals surface area contributed by atoms with Gasteiger partial charge in [-0.1, -0.05) is 117 Å². The first kappa shape index (κ1) is 26.2. The fourth-order valence-electron chi connectivity index (χ4n) is 7.57. The molecule has 5 nitrogen and oxygen atoms in total. The third kappa shape index (κ3) is 3.74. The molecule has 10 rings (SSSR count). The van der Waals surface area contributed by atoms with Gasteiger partial charge in [-0.25, -0.2) is 4.98 Å². The number of benzene rings is 6. The molecule has 0 aliphatic heterocycles. The molecule has 0 saturated carbocycles. The molecule has 1 aliphatic carbocycles. The zero-order chi connectivity index (χ0) is 31.3. The quantitative estimate of drug-likeness (QED) is 0.201. The van der Waals surface area contributed by atoms with Crippen LogP contribution in [0, 0.1) is 0 Å². The lowest BCUT2D eigenvalue weighted by molar-refractivity contribution is 0.660. The Kier molecular flexibility index (Phi) is 5.28. The van der Waals surface area contributed by atoms with Crippen molar-refractivity contribution >= 4 is 43.7 Å². The van der Waals surface area contributed by atoms with E-state index < -0.39 is 0 Å². The van der Waals surface area contributed by atoms with Gasteiger partial charge in [0.2, 0.25) is 5.95 Å². The molecule has 5 heteroatoms. The van der Waals surface area contributed by atoms with E-state index >= 15 is 0 Å².